The van der Waals surface area contributed by atoms with Gasteiger partial charge in [-0.05, 0) is 30.3 Å². The number of hydrogen-bond donors (Lipinski definition) is 1. The van der Waals surface area contributed by atoms with Gasteiger partial charge in [-0.15, -0.1) is 0 Å². The van der Waals surface area contributed by atoms with Crippen LogP contribution in [0.2, 0.25) is 10.0 Å². The van der Waals surface area contributed by atoms with Crippen LogP contribution >= 0.6 is 58.0 Å². The topological polar surface area (TPSA) is 65.0 Å². The molecule has 0 radical (unpaired) electrons. The quantitative estimate of drug-likeness (QED) is 0.397. The summed E-state index contributed by atoms with van der Waals surface area (Å²) < 4.78 is 25.6. The molecule has 1 unspecified atom stereocenters. The van der Waals surface area contributed by atoms with E-state index in [-0.39, 0.29) is 10.7 Å². The molecule has 2 aromatic rings. The number of carbonyl (C=O) groups is 2. The van der Waals surface area contributed by atoms with Gasteiger partial charge >= 0.3 is 6.03 Å². The maximum Gasteiger partial charge on any atom is 0.337 e. The molecule has 0 aromatic heterocycles. The van der Waals surface area contributed by atoms with Crippen LogP contribution in [-0.4, -0.2) is 39.7 Å². The van der Waals surface area contributed by atoms with Crippen LogP contribution in [0.25, 0.3) is 0 Å². The number of urea groups is 1. The van der Waals surface area contributed by atoms with E-state index in [0.717, 1.165) is 19.2 Å². The van der Waals surface area contributed by atoms with Crippen molar-refractivity contribution in [1.82, 2.24) is 4.90 Å². The first-order valence-electron chi connectivity index (χ1n) is 8.33. The van der Waals surface area contributed by atoms with E-state index in [2.05, 4.69) is 10.3 Å². The molecule has 3 rings (SSSR count). The smallest absolute Gasteiger partial charge is 0.337 e. The van der Waals surface area contributed by atoms with Crippen LogP contribution in [0.1, 0.15) is 0 Å². The first kappa shape index (κ1) is 23.8. The third-order valence-corrected chi connectivity index (χ3v) is 5.29. The predicted molar refractivity (Wildman–Crippen MR) is 119 cm³/mol. The third kappa shape index (κ3) is 4.99. The molecule has 1 atom stereocenters. The number of nitrogens with zero attached hydrogens (tertiary/aromatic N) is 3. The molecule has 13 heteroatoms. The van der Waals surface area contributed by atoms with Gasteiger partial charge in [0.05, 0.1) is 16.4 Å². The average Bonchev–Trinajstić information content (AvgIpc) is 2.86. The minimum Gasteiger partial charge on any atom is -0.359 e. The van der Waals surface area contributed by atoms with Crippen LogP contribution in [0.3, 0.4) is 0 Å². The molecule has 6 nitrogen and oxygen atoms in total. The van der Waals surface area contributed by atoms with Gasteiger partial charge in [-0.1, -0.05) is 58.0 Å². The Morgan fingerprint density at radius 2 is 1.74 bits per heavy atom. The molecular formula is C18H11Cl5F2N4O2. The number of amidine groups is 1. The molecule has 1 saturated heterocycles. The Hall–Kier alpha value is -1.84. The molecule has 0 saturated carbocycles. The van der Waals surface area contributed by atoms with Crippen molar-refractivity contribution in [2.75, 3.05) is 17.3 Å². The molecule has 0 spiro atoms. The number of anilines is 2. The van der Waals surface area contributed by atoms with E-state index in [1.807, 2.05) is 0 Å². The van der Waals surface area contributed by atoms with Gasteiger partial charge in [-0.3, -0.25) is 9.69 Å². The van der Waals surface area contributed by atoms with Crippen molar-refractivity contribution in [3.05, 3.63) is 58.1 Å². The summed E-state index contributed by atoms with van der Waals surface area (Å²) in [6.45, 7) is 0. The zero-order valence-corrected chi connectivity index (χ0v) is 19.1. The molecular weight excluding hydrogens is 519 g/mol. The largest absolute Gasteiger partial charge is 0.359 e. The number of imide groups is 1. The highest BCUT2D eigenvalue weighted by Crippen LogP contribution is 2.36. The molecule has 1 heterocycles. The minimum absolute atomic E-state index is 0.166. The van der Waals surface area contributed by atoms with Crippen molar-refractivity contribution in [3.8, 4) is 0 Å². The van der Waals surface area contributed by atoms with Gasteiger partial charge in [0, 0.05) is 18.1 Å². The van der Waals surface area contributed by atoms with Crippen LogP contribution in [0.4, 0.5) is 25.0 Å². The van der Waals surface area contributed by atoms with E-state index in [0.29, 0.717) is 20.9 Å². The van der Waals surface area contributed by atoms with E-state index < -0.39 is 45.1 Å². The van der Waals surface area contributed by atoms with Crippen molar-refractivity contribution in [1.29, 1.82) is 0 Å². The van der Waals surface area contributed by atoms with Crippen molar-refractivity contribution in [2.24, 2.45) is 4.99 Å². The summed E-state index contributed by atoms with van der Waals surface area (Å²) in [6, 6.07) is 5.95. The second kappa shape index (κ2) is 8.96. The summed E-state index contributed by atoms with van der Waals surface area (Å²) in [4.78, 5) is 30.6. The monoisotopic (exact) mass is 528 g/mol. The Labute approximate surface area is 200 Å². The Morgan fingerprint density at radius 3 is 2.32 bits per heavy atom. The van der Waals surface area contributed by atoms with Crippen LogP contribution < -0.4 is 10.2 Å². The fraction of sp³-hybridized carbons (Fsp3) is 0.167. The Morgan fingerprint density at radius 1 is 1.06 bits per heavy atom. The number of benzene rings is 2. The van der Waals surface area contributed by atoms with Gasteiger partial charge in [0.25, 0.3) is 5.91 Å². The van der Waals surface area contributed by atoms with Crippen molar-refractivity contribution >= 4 is 87.2 Å². The van der Waals surface area contributed by atoms with Crippen molar-refractivity contribution in [3.63, 3.8) is 0 Å². The number of rotatable bonds is 4. The van der Waals surface area contributed by atoms with E-state index in [9.17, 15) is 18.4 Å². The zero-order valence-electron chi connectivity index (χ0n) is 15.3. The molecule has 31 heavy (non-hydrogen) atoms. The highest BCUT2D eigenvalue weighted by atomic mass is 35.6. The molecule has 164 valence electrons. The SMILES string of the molecule is CN1C(=O)C(=NC(Nc2ccc(Cl)cc2Cl)C(Cl)(Cl)Cl)N(c2ccc(F)cc2F)C1=O. The summed E-state index contributed by atoms with van der Waals surface area (Å²) in [7, 11) is 1.16. The standard InChI is InChI=1S/C18H11Cl5F2N4O2/c1-28-15(30)14(29(17(28)31)13-5-3-9(24)7-11(13)25)27-16(18(21,22)23)26-12-4-2-8(19)6-10(12)20/h2-7,16,26H,1H3. The van der Waals surface area contributed by atoms with Gasteiger partial charge in [0.2, 0.25) is 9.63 Å². The maximum absolute atomic E-state index is 14.4. The van der Waals surface area contributed by atoms with Gasteiger partial charge < -0.3 is 5.32 Å². The number of halogens is 7. The highest BCUT2D eigenvalue weighted by Gasteiger charge is 2.44. The number of carbonyl (C=O) groups excluding carboxylic acids is 2. The number of amides is 3. The second-order valence-electron chi connectivity index (χ2n) is 6.24. The van der Waals surface area contributed by atoms with Gasteiger partial charge in [-0.2, -0.15) is 0 Å². The van der Waals surface area contributed by atoms with Gasteiger partial charge in [-0.25, -0.2) is 23.5 Å². The third-order valence-electron chi connectivity index (χ3n) is 4.12. The lowest BCUT2D eigenvalue weighted by molar-refractivity contribution is -0.119. The molecule has 1 aliphatic heterocycles. The van der Waals surface area contributed by atoms with Crippen molar-refractivity contribution in [2.45, 2.75) is 9.96 Å². The first-order valence-corrected chi connectivity index (χ1v) is 10.2. The van der Waals surface area contributed by atoms with E-state index in [4.69, 9.17) is 58.0 Å². The Kier molecular flexibility index (Phi) is 6.88. The second-order valence-corrected chi connectivity index (χ2v) is 9.46. The maximum atomic E-state index is 14.4. The predicted octanol–water partition coefficient (Wildman–Crippen LogP) is 5.88. The zero-order chi connectivity index (χ0) is 23.1. The fourth-order valence-electron chi connectivity index (χ4n) is 2.63. The Balaban J connectivity index is 2.09. The number of alkyl halides is 3. The Bertz CT molecular complexity index is 1090. The van der Waals surface area contributed by atoms with Crippen LogP contribution in [0.5, 0.6) is 0 Å². The van der Waals surface area contributed by atoms with E-state index in [1.165, 1.54) is 18.2 Å². The molecule has 0 aliphatic carbocycles. The molecule has 1 fully saturated rings. The van der Waals surface area contributed by atoms with Crippen LogP contribution in [-0.2, 0) is 4.79 Å². The number of aliphatic imine (C=N–C) groups is 1. The number of likely N-dealkylation sites (N-methyl/N-ethyl adjacent to an activating group) is 1. The lowest BCUT2D eigenvalue weighted by Crippen LogP contribution is -2.38. The molecule has 1 aliphatic rings. The van der Waals surface area contributed by atoms with Crippen LogP contribution in [0.15, 0.2) is 41.4 Å². The summed E-state index contributed by atoms with van der Waals surface area (Å²) in [6.07, 6.45) is -1.44. The lowest BCUT2D eigenvalue weighted by atomic mass is 10.2. The summed E-state index contributed by atoms with van der Waals surface area (Å²) in [5.74, 6) is -3.41. The van der Waals surface area contributed by atoms with Crippen LogP contribution in [0, 0.1) is 11.6 Å². The molecule has 3 amide bonds. The molecule has 1 N–H and O–H groups in total. The van der Waals surface area contributed by atoms with E-state index in [1.54, 1.807) is 0 Å². The lowest BCUT2D eigenvalue weighted by Gasteiger charge is -2.25. The van der Waals surface area contributed by atoms with Crippen molar-refractivity contribution < 1.29 is 18.4 Å². The summed E-state index contributed by atoms with van der Waals surface area (Å²) in [5.41, 5.74) is -0.146. The minimum atomic E-state index is -2.13. The summed E-state index contributed by atoms with van der Waals surface area (Å²) in [5, 5.41) is 3.27. The number of nitrogens with one attached hydrogen (secondary N) is 1. The number of hydrogen-bond acceptors (Lipinski definition) is 4. The van der Waals surface area contributed by atoms with Gasteiger partial charge in [0.1, 0.15) is 11.6 Å². The normalized spacial score (nSPS) is 17.0. The average molecular weight is 531 g/mol. The highest BCUT2D eigenvalue weighted by molar-refractivity contribution is 6.68. The first-order chi connectivity index (χ1) is 14.4. The molecule has 0 bridgehead atoms. The van der Waals surface area contributed by atoms with Gasteiger partial charge in [0.15, 0.2) is 6.17 Å². The summed E-state index contributed by atoms with van der Waals surface area (Å²) >= 11 is 30.0. The van der Waals surface area contributed by atoms with E-state index >= 15 is 0 Å². The fourth-order valence-corrected chi connectivity index (χ4v) is 3.40. The molecule has 2 aromatic carbocycles.